The molecule has 0 saturated carbocycles. The van der Waals surface area contributed by atoms with Crippen molar-refractivity contribution in [3.05, 3.63) is 11.4 Å². The molecule has 0 spiro atoms. The van der Waals surface area contributed by atoms with Crippen LogP contribution in [0.3, 0.4) is 0 Å². The van der Waals surface area contributed by atoms with E-state index in [1.165, 1.54) is 0 Å². The molecule has 1 aliphatic heterocycles. The van der Waals surface area contributed by atoms with Crippen molar-refractivity contribution in [1.29, 1.82) is 10.5 Å². The smallest absolute Gasteiger partial charge is 0.861 e. The fourth-order valence-corrected chi connectivity index (χ4v) is 3.65. The van der Waals surface area contributed by atoms with Crippen molar-refractivity contribution >= 4 is 14.0 Å². The molecule has 1 N–H and O–H groups in total. The van der Waals surface area contributed by atoms with Crippen LogP contribution in [0.2, 0.25) is 25.7 Å². The molecule has 0 aliphatic carbocycles. The summed E-state index contributed by atoms with van der Waals surface area (Å²) in [6.07, 6.45) is 2.09. The van der Waals surface area contributed by atoms with Crippen LogP contribution >= 0.6 is 0 Å². The minimum Gasteiger partial charge on any atom is -0.861 e. The number of allylic oxidation sites excluding steroid dienone is 1. The van der Waals surface area contributed by atoms with Gasteiger partial charge in [0, 0.05) is 8.07 Å². The van der Waals surface area contributed by atoms with E-state index in [0.29, 0.717) is 12.0 Å². The molecule has 90 valence electrons. The van der Waals surface area contributed by atoms with E-state index in [2.05, 4.69) is 30.0 Å². The van der Waals surface area contributed by atoms with Gasteiger partial charge in [0.05, 0.1) is 11.6 Å². The number of nitrogens with one attached hydrogen (secondary N) is 1. The van der Waals surface area contributed by atoms with Crippen molar-refractivity contribution in [2.45, 2.75) is 32.1 Å². The third kappa shape index (κ3) is 4.83. The maximum absolute atomic E-state index is 11.8. The summed E-state index contributed by atoms with van der Waals surface area (Å²) in [5, 5.41) is 31.5. The van der Waals surface area contributed by atoms with Gasteiger partial charge in [-0.05, 0) is 18.2 Å². The van der Waals surface area contributed by atoms with Crippen molar-refractivity contribution < 1.29 is 34.7 Å². The fraction of sp³-hybridized carbons (Fsp3) is 0.545. The Morgan fingerprint density at radius 3 is 2.50 bits per heavy atom. The van der Waals surface area contributed by atoms with Crippen LogP contribution in [0.25, 0.3) is 0 Å². The molecule has 0 bridgehead atoms. The van der Waals surface area contributed by atoms with Gasteiger partial charge in [0.1, 0.15) is 0 Å². The minimum absolute atomic E-state index is 0. The minimum atomic E-state index is -1.37. The number of aliphatic imine (C=N–C) groups is 1. The van der Waals surface area contributed by atoms with Gasteiger partial charge in [-0.1, -0.05) is 25.7 Å². The molecule has 1 unspecified atom stereocenters. The molecule has 1 aliphatic rings. The Bertz CT molecular complexity index is 453. The Kier molecular flexibility index (Phi) is 6.65. The fourth-order valence-electron chi connectivity index (χ4n) is 1.85. The van der Waals surface area contributed by atoms with E-state index >= 15 is 0 Å². The molecule has 0 aromatic heterocycles. The van der Waals surface area contributed by atoms with Crippen molar-refractivity contribution in [3.8, 4) is 12.3 Å². The summed E-state index contributed by atoms with van der Waals surface area (Å²) in [5.74, 6) is -0.295. The van der Waals surface area contributed by atoms with Gasteiger partial charge in [-0.3, -0.25) is 5.32 Å². The predicted octanol–water partition coefficient (Wildman–Crippen LogP) is -2.09. The summed E-state index contributed by atoms with van der Waals surface area (Å²) in [6, 6.07) is 2.83. The van der Waals surface area contributed by atoms with Gasteiger partial charge in [0.15, 0.2) is 12.0 Å². The molecule has 0 fully saturated rings. The summed E-state index contributed by atoms with van der Waals surface area (Å²) >= 11 is 0. The van der Waals surface area contributed by atoms with E-state index in [0.717, 1.165) is 6.04 Å². The van der Waals surface area contributed by atoms with Crippen molar-refractivity contribution in [3.63, 3.8) is 0 Å². The van der Waals surface area contributed by atoms with Crippen LogP contribution < -0.4 is 40.0 Å². The molecule has 1 heterocycles. The average molecular weight is 270 g/mol. The van der Waals surface area contributed by atoms with Crippen LogP contribution in [0.5, 0.6) is 0 Å². The molecular formula is C11H15N4NaOSi. The molecular weight excluding hydrogens is 255 g/mol. The predicted molar refractivity (Wildman–Crippen MR) is 65.1 cm³/mol. The Morgan fingerprint density at radius 1 is 1.44 bits per heavy atom. The Morgan fingerprint density at radius 2 is 2.06 bits per heavy atom. The maximum Gasteiger partial charge on any atom is 1.00 e. The van der Waals surface area contributed by atoms with E-state index in [1.807, 2.05) is 6.07 Å². The normalized spacial score (nSPS) is 19.2. The standard InChI is InChI=1S/C11H16N4OSi.Na/c1-17(2,3)6-9-4-8(5-12)10(14-7-13)15-11(9)16;/h9,14H,4,6H2,1-3H3,(H,15,16);/q;+1/p-1. The maximum atomic E-state index is 11.8. The van der Waals surface area contributed by atoms with Crippen molar-refractivity contribution in [1.82, 2.24) is 5.32 Å². The van der Waals surface area contributed by atoms with Crippen LogP contribution in [0.15, 0.2) is 16.4 Å². The number of hydrogen-bond donors (Lipinski definition) is 1. The van der Waals surface area contributed by atoms with Gasteiger partial charge in [-0.25, -0.2) is 4.99 Å². The van der Waals surface area contributed by atoms with E-state index < -0.39 is 8.07 Å². The van der Waals surface area contributed by atoms with Gasteiger partial charge >= 0.3 is 29.6 Å². The third-order valence-electron chi connectivity index (χ3n) is 2.48. The molecule has 0 radical (unpaired) electrons. The summed E-state index contributed by atoms with van der Waals surface area (Å²) in [4.78, 5) is 3.80. The van der Waals surface area contributed by atoms with Crippen LogP contribution in [0.4, 0.5) is 0 Å². The van der Waals surface area contributed by atoms with E-state index in [4.69, 9.17) is 10.5 Å². The third-order valence-corrected chi connectivity index (χ3v) is 4.19. The number of rotatable bonds is 3. The molecule has 0 saturated heterocycles. The second-order valence-electron chi connectivity index (χ2n) is 5.29. The quantitative estimate of drug-likeness (QED) is 0.361. The molecule has 1 rings (SSSR count). The van der Waals surface area contributed by atoms with E-state index in [-0.39, 0.29) is 47.2 Å². The SMILES string of the molecule is C[Si](C)(C)CC1CC(C#N)=C(NC#N)N=C1[O-].[Na+]. The summed E-state index contributed by atoms with van der Waals surface area (Å²) in [6.45, 7) is 6.54. The molecule has 18 heavy (non-hydrogen) atoms. The van der Waals surface area contributed by atoms with Gasteiger partial charge in [-0.15, -0.1) is 0 Å². The van der Waals surface area contributed by atoms with Crippen molar-refractivity contribution in [2.24, 2.45) is 10.9 Å². The number of hydrogen-bond acceptors (Lipinski definition) is 5. The van der Waals surface area contributed by atoms with Gasteiger partial charge in [0.25, 0.3) is 0 Å². The summed E-state index contributed by atoms with van der Waals surface area (Å²) in [7, 11) is -1.37. The van der Waals surface area contributed by atoms with E-state index in [9.17, 15) is 5.11 Å². The molecule has 1 atom stereocenters. The zero-order valence-electron chi connectivity index (χ0n) is 11.2. The summed E-state index contributed by atoms with van der Waals surface area (Å²) in [5.41, 5.74) is 0.398. The van der Waals surface area contributed by atoms with Crippen LogP contribution in [0.1, 0.15) is 6.42 Å². The van der Waals surface area contributed by atoms with Gasteiger partial charge in [0.2, 0.25) is 0 Å². The zero-order valence-corrected chi connectivity index (χ0v) is 14.2. The Balaban J connectivity index is 0.00000289. The molecule has 0 aromatic carbocycles. The molecule has 0 aromatic rings. The first-order valence-corrected chi connectivity index (χ1v) is 9.12. The largest absolute Gasteiger partial charge is 1.00 e. The summed E-state index contributed by atoms with van der Waals surface area (Å²) < 4.78 is 0. The second kappa shape index (κ2) is 6.96. The van der Waals surface area contributed by atoms with E-state index in [1.54, 1.807) is 6.19 Å². The first kappa shape index (κ1) is 17.2. The topological polar surface area (TPSA) is 95.0 Å². The van der Waals surface area contributed by atoms with Crippen LogP contribution in [0, 0.1) is 28.7 Å². The van der Waals surface area contributed by atoms with Crippen LogP contribution in [-0.2, 0) is 0 Å². The molecule has 5 nitrogen and oxygen atoms in total. The van der Waals surface area contributed by atoms with Crippen LogP contribution in [-0.4, -0.2) is 14.0 Å². The van der Waals surface area contributed by atoms with Gasteiger partial charge in [-0.2, -0.15) is 10.5 Å². The van der Waals surface area contributed by atoms with Crippen molar-refractivity contribution in [2.75, 3.05) is 0 Å². The monoisotopic (exact) mass is 270 g/mol. The second-order valence-corrected chi connectivity index (χ2v) is 10.8. The molecule has 7 heteroatoms. The Hall–Kier alpha value is -0.793. The Labute approximate surface area is 131 Å². The molecule has 0 amide bonds. The first-order chi connectivity index (χ1) is 7.87. The number of nitriles is 2. The first-order valence-electron chi connectivity index (χ1n) is 5.41. The average Bonchev–Trinajstić information content (AvgIpc) is 2.20. The number of nitrogens with zero attached hydrogens (tertiary/aromatic N) is 3. The zero-order chi connectivity index (χ0) is 13.1. The van der Waals surface area contributed by atoms with Gasteiger partial charge < -0.3 is 5.11 Å².